The van der Waals surface area contributed by atoms with E-state index in [2.05, 4.69) is 47.8 Å². The molecule has 2 aromatic rings. The highest BCUT2D eigenvalue weighted by atomic mass is 35.5. The lowest BCUT2D eigenvalue weighted by Crippen LogP contribution is -2.45. The lowest BCUT2D eigenvalue weighted by atomic mass is 10.0. The summed E-state index contributed by atoms with van der Waals surface area (Å²) in [6.07, 6.45) is 2.36. The van der Waals surface area contributed by atoms with Crippen LogP contribution in [0.1, 0.15) is 26.7 Å². The van der Waals surface area contributed by atoms with Gasteiger partial charge in [0.1, 0.15) is 11.0 Å². The third-order valence-corrected chi connectivity index (χ3v) is 5.11. The molecule has 0 amide bonds. The Morgan fingerprint density at radius 1 is 1.23 bits per heavy atom. The molecule has 1 aromatic heterocycles. The molecule has 4 heteroatoms. The number of hydrogen-bond donors (Lipinski definition) is 0. The Labute approximate surface area is 137 Å². The molecule has 2 heterocycles. The SMILES string of the molecule is CC(C)N1CCC(N(C)c2cc3ccccc3c(Cl)n2)CC1. The third kappa shape index (κ3) is 3.06. The largest absolute Gasteiger partial charge is 0.357 e. The average Bonchev–Trinajstić information content (AvgIpc) is 2.54. The molecule has 1 aliphatic rings. The van der Waals surface area contributed by atoms with Crippen LogP contribution in [-0.2, 0) is 0 Å². The first-order valence-corrected chi connectivity index (χ1v) is 8.46. The molecule has 0 aliphatic carbocycles. The highest BCUT2D eigenvalue weighted by Gasteiger charge is 2.24. The first kappa shape index (κ1) is 15.6. The van der Waals surface area contributed by atoms with Gasteiger partial charge in [-0.3, -0.25) is 0 Å². The summed E-state index contributed by atoms with van der Waals surface area (Å²) >= 11 is 6.36. The number of benzene rings is 1. The molecule has 0 atom stereocenters. The first-order chi connectivity index (χ1) is 10.6. The van der Waals surface area contributed by atoms with Gasteiger partial charge in [-0.05, 0) is 38.1 Å². The summed E-state index contributed by atoms with van der Waals surface area (Å²) in [7, 11) is 2.14. The van der Waals surface area contributed by atoms with Gasteiger partial charge in [0.2, 0.25) is 0 Å². The van der Waals surface area contributed by atoms with Crippen molar-refractivity contribution < 1.29 is 0 Å². The van der Waals surface area contributed by atoms with Crippen molar-refractivity contribution in [3.05, 3.63) is 35.5 Å². The molecule has 0 spiro atoms. The van der Waals surface area contributed by atoms with Crippen LogP contribution in [0.3, 0.4) is 0 Å². The maximum absolute atomic E-state index is 6.36. The molecule has 1 fully saturated rings. The average molecular weight is 318 g/mol. The number of pyridine rings is 1. The normalized spacial score (nSPS) is 17.3. The van der Waals surface area contributed by atoms with Crippen molar-refractivity contribution in [3.8, 4) is 0 Å². The molecule has 1 saturated heterocycles. The van der Waals surface area contributed by atoms with E-state index in [0.717, 1.165) is 29.7 Å². The van der Waals surface area contributed by atoms with Gasteiger partial charge >= 0.3 is 0 Å². The summed E-state index contributed by atoms with van der Waals surface area (Å²) in [5.41, 5.74) is 0. The van der Waals surface area contributed by atoms with Crippen LogP contribution in [0, 0.1) is 0 Å². The third-order valence-electron chi connectivity index (χ3n) is 4.82. The number of likely N-dealkylation sites (tertiary alicyclic amines) is 1. The van der Waals surface area contributed by atoms with Gasteiger partial charge in [0.05, 0.1) is 0 Å². The van der Waals surface area contributed by atoms with Crippen LogP contribution in [0.4, 0.5) is 5.82 Å². The van der Waals surface area contributed by atoms with Gasteiger partial charge in [-0.2, -0.15) is 0 Å². The predicted octanol–water partition coefficient (Wildman–Crippen LogP) is 4.20. The van der Waals surface area contributed by atoms with Gasteiger partial charge in [0.15, 0.2) is 0 Å². The van der Waals surface area contributed by atoms with Crippen molar-refractivity contribution in [1.82, 2.24) is 9.88 Å². The Bertz CT molecular complexity index is 648. The van der Waals surface area contributed by atoms with Gasteiger partial charge in [0, 0.05) is 37.6 Å². The van der Waals surface area contributed by atoms with Crippen LogP contribution in [0.2, 0.25) is 5.15 Å². The van der Waals surface area contributed by atoms with Crippen molar-refractivity contribution in [2.75, 3.05) is 25.0 Å². The molecule has 0 radical (unpaired) electrons. The Morgan fingerprint density at radius 2 is 1.91 bits per heavy atom. The molecule has 22 heavy (non-hydrogen) atoms. The van der Waals surface area contributed by atoms with E-state index in [4.69, 9.17) is 11.6 Å². The van der Waals surface area contributed by atoms with Crippen LogP contribution in [0.5, 0.6) is 0 Å². The molecule has 0 bridgehead atoms. The van der Waals surface area contributed by atoms with E-state index in [1.807, 2.05) is 18.2 Å². The second kappa shape index (κ2) is 6.43. The fourth-order valence-electron chi connectivity index (χ4n) is 3.30. The van der Waals surface area contributed by atoms with Gasteiger partial charge in [-0.15, -0.1) is 0 Å². The minimum absolute atomic E-state index is 0.541. The number of piperidine rings is 1. The second-order valence-corrected chi connectivity index (χ2v) is 6.82. The zero-order valence-corrected chi connectivity index (χ0v) is 14.3. The number of halogens is 1. The molecule has 3 rings (SSSR count). The van der Waals surface area contributed by atoms with Gasteiger partial charge in [-0.1, -0.05) is 35.9 Å². The number of hydrogen-bond acceptors (Lipinski definition) is 3. The Morgan fingerprint density at radius 3 is 2.59 bits per heavy atom. The molecule has 1 aromatic carbocycles. The van der Waals surface area contributed by atoms with Gasteiger partial charge < -0.3 is 9.80 Å². The number of aromatic nitrogens is 1. The van der Waals surface area contributed by atoms with Crippen LogP contribution < -0.4 is 4.90 Å². The lowest BCUT2D eigenvalue weighted by Gasteiger charge is -2.39. The number of nitrogens with zero attached hydrogens (tertiary/aromatic N) is 3. The molecule has 118 valence electrons. The summed E-state index contributed by atoms with van der Waals surface area (Å²) in [6, 6.07) is 11.5. The van der Waals surface area contributed by atoms with E-state index in [1.165, 1.54) is 12.8 Å². The van der Waals surface area contributed by atoms with Crippen molar-refractivity contribution in [2.45, 2.75) is 38.8 Å². The standard InChI is InChI=1S/C18H24ClN3/c1-13(2)22-10-8-15(9-11-22)21(3)17-12-14-6-4-5-7-16(14)18(19)20-17/h4-7,12-13,15H,8-11H2,1-3H3. The number of fused-ring (bicyclic) bond motifs is 1. The smallest absolute Gasteiger partial charge is 0.139 e. The Hall–Kier alpha value is -1.32. The molecular weight excluding hydrogens is 294 g/mol. The molecule has 0 N–H and O–H groups in total. The predicted molar refractivity (Wildman–Crippen MR) is 94.9 cm³/mol. The Kier molecular flexibility index (Phi) is 4.55. The summed E-state index contributed by atoms with van der Waals surface area (Å²) in [6.45, 7) is 6.87. The minimum atomic E-state index is 0.541. The Balaban J connectivity index is 1.79. The fraction of sp³-hybridized carbons (Fsp3) is 0.500. The number of rotatable bonds is 3. The van der Waals surface area contributed by atoms with E-state index >= 15 is 0 Å². The first-order valence-electron chi connectivity index (χ1n) is 8.08. The van der Waals surface area contributed by atoms with Crippen LogP contribution in [0.25, 0.3) is 10.8 Å². The molecular formula is C18H24ClN3. The van der Waals surface area contributed by atoms with Crippen molar-refractivity contribution in [2.24, 2.45) is 0 Å². The van der Waals surface area contributed by atoms with Gasteiger partial charge in [-0.25, -0.2) is 4.98 Å². The zero-order valence-electron chi connectivity index (χ0n) is 13.6. The van der Waals surface area contributed by atoms with Crippen LogP contribution >= 0.6 is 11.6 Å². The van der Waals surface area contributed by atoms with Crippen molar-refractivity contribution in [3.63, 3.8) is 0 Å². The highest BCUT2D eigenvalue weighted by molar-refractivity contribution is 6.34. The minimum Gasteiger partial charge on any atom is -0.357 e. The quantitative estimate of drug-likeness (QED) is 0.791. The molecule has 0 saturated carbocycles. The van der Waals surface area contributed by atoms with E-state index < -0.39 is 0 Å². The van der Waals surface area contributed by atoms with Gasteiger partial charge in [0.25, 0.3) is 0 Å². The zero-order chi connectivity index (χ0) is 15.7. The monoisotopic (exact) mass is 317 g/mol. The fourth-order valence-corrected chi connectivity index (χ4v) is 3.56. The number of anilines is 1. The van der Waals surface area contributed by atoms with E-state index in [1.54, 1.807) is 0 Å². The second-order valence-electron chi connectivity index (χ2n) is 6.46. The van der Waals surface area contributed by atoms with E-state index in [-0.39, 0.29) is 0 Å². The van der Waals surface area contributed by atoms with Crippen LogP contribution in [-0.4, -0.2) is 42.1 Å². The summed E-state index contributed by atoms with van der Waals surface area (Å²) in [5.74, 6) is 0.978. The maximum atomic E-state index is 6.36. The molecule has 3 nitrogen and oxygen atoms in total. The topological polar surface area (TPSA) is 19.4 Å². The maximum Gasteiger partial charge on any atom is 0.139 e. The van der Waals surface area contributed by atoms with E-state index in [9.17, 15) is 0 Å². The summed E-state index contributed by atoms with van der Waals surface area (Å²) in [5, 5.41) is 2.78. The lowest BCUT2D eigenvalue weighted by molar-refractivity contribution is 0.171. The van der Waals surface area contributed by atoms with Crippen LogP contribution in [0.15, 0.2) is 30.3 Å². The molecule has 1 aliphatic heterocycles. The van der Waals surface area contributed by atoms with Crippen molar-refractivity contribution >= 4 is 28.2 Å². The summed E-state index contributed by atoms with van der Waals surface area (Å²) < 4.78 is 0. The van der Waals surface area contributed by atoms with Crippen molar-refractivity contribution in [1.29, 1.82) is 0 Å². The highest BCUT2D eigenvalue weighted by Crippen LogP contribution is 2.28. The summed E-state index contributed by atoms with van der Waals surface area (Å²) in [4.78, 5) is 9.46. The van der Waals surface area contributed by atoms with E-state index in [0.29, 0.717) is 17.2 Å². The molecule has 0 unspecified atom stereocenters.